The highest BCUT2D eigenvalue weighted by atomic mass is 16.3. The highest BCUT2D eigenvalue weighted by Gasteiger charge is 2.28. The third kappa shape index (κ3) is 2.84. The van der Waals surface area contributed by atoms with Crippen LogP contribution in [0.2, 0.25) is 0 Å². The molecule has 0 radical (unpaired) electrons. The third-order valence-corrected chi connectivity index (χ3v) is 3.95. The average Bonchev–Trinajstić information content (AvgIpc) is 2.56. The van der Waals surface area contributed by atoms with Gasteiger partial charge in [-0.2, -0.15) is 0 Å². The van der Waals surface area contributed by atoms with E-state index in [9.17, 15) is 5.11 Å². The summed E-state index contributed by atoms with van der Waals surface area (Å²) in [5.74, 6) is 0. The van der Waals surface area contributed by atoms with Crippen LogP contribution in [0.5, 0.6) is 0 Å². The van der Waals surface area contributed by atoms with E-state index in [0.717, 1.165) is 18.4 Å². The van der Waals surface area contributed by atoms with Gasteiger partial charge in [-0.25, -0.2) is 0 Å². The number of hydrogen-bond donors (Lipinski definition) is 1. The van der Waals surface area contributed by atoms with Crippen molar-refractivity contribution < 1.29 is 5.11 Å². The van der Waals surface area contributed by atoms with Crippen LogP contribution in [0.15, 0.2) is 29.8 Å². The first kappa shape index (κ1) is 13.4. The minimum atomic E-state index is -0.804. The van der Waals surface area contributed by atoms with E-state index in [1.807, 2.05) is 6.92 Å². The van der Waals surface area contributed by atoms with Crippen molar-refractivity contribution in [3.05, 3.63) is 46.5 Å². The molecule has 2 rings (SSSR count). The topological polar surface area (TPSA) is 20.2 Å². The van der Waals surface area contributed by atoms with E-state index in [4.69, 9.17) is 0 Å². The second kappa shape index (κ2) is 5.27. The Morgan fingerprint density at radius 1 is 1.00 bits per heavy atom. The quantitative estimate of drug-likeness (QED) is 0.764. The van der Waals surface area contributed by atoms with E-state index in [0.29, 0.717) is 0 Å². The molecule has 0 fully saturated rings. The SMILES string of the molecule is Cc1cc(C)cc(C(C)(O)C2=CCCCCC2)c1. The predicted octanol–water partition coefficient (Wildman–Crippen LogP) is 4.40. The molecule has 1 aromatic rings. The maximum atomic E-state index is 10.9. The van der Waals surface area contributed by atoms with Gasteiger partial charge in [0.05, 0.1) is 0 Å². The molecule has 0 bridgehead atoms. The van der Waals surface area contributed by atoms with Crippen LogP contribution in [0, 0.1) is 13.8 Å². The predicted molar refractivity (Wildman–Crippen MR) is 76.7 cm³/mol. The smallest absolute Gasteiger partial charge is 0.108 e. The monoisotopic (exact) mass is 244 g/mol. The molecule has 0 saturated carbocycles. The van der Waals surface area contributed by atoms with Crippen LogP contribution in [0.4, 0.5) is 0 Å². The summed E-state index contributed by atoms with van der Waals surface area (Å²) in [5, 5.41) is 10.9. The van der Waals surface area contributed by atoms with Crippen molar-refractivity contribution in [1.82, 2.24) is 0 Å². The van der Waals surface area contributed by atoms with Crippen LogP contribution >= 0.6 is 0 Å². The minimum absolute atomic E-state index is 0.804. The highest BCUT2D eigenvalue weighted by Crippen LogP contribution is 2.35. The van der Waals surface area contributed by atoms with E-state index >= 15 is 0 Å². The van der Waals surface area contributed by atoms with Crippen LogP contribution in [-0.4, -0.2) is 5.11 Å². The summed E-state index contributed by atoms with van der Waals surface area (Å²) in [5.41, 5.74) is 3.87. The molecule has 0 aromatic heterocycles. The van der Waals surface area contributed by atoms with Gasteiger partial charge < -0.3 is 5.11 Å². The Labute approximate surface area is 111 Å². The molecule has 0 aliphatic heterocycles. The molecule has 1 N–H and O–H groups in total. The van der Waals surface area contributed by atoms with E-state index in [-0.39, 0.29) is 0 Å². The molecule has 0 heterocycles. The van der Waals surface area contributed by atoms with Gasteiger partial charge in [0.1, 0.15) is 5.60 Å². The van der Waals surface area contributed by atoms with Gasteiger partial charge >= 0.3 is 0 Å². The summed E-state index contributed by atoms with van der Waals surface area (Å²) in [7, 11) is 0. The van der Waals surface area contributed by atoms with Crippen LogP contribution in [-0.2, 0) is 5.60 Å². The van der Waals surface area contributed by atoms with Crippen molar-refractivity contribution in [3.63, 3.8) is 0 Å². The second-order valence-electron chi connectivity index (χ2n) is 5.78. The van der Waals surface area contributed by atoms with E-state index in [1.165, 1.54) is 36.0 Å². The first-order valence-corrected chi connectivity index (χ1v) is 7.01. The Morgan fingerprint density at radius 2 is 1.67 bits per heavy atom. The standard InChI is InChI=1S/C17H24O/c1-13-10-14(2)12-16(11-13)17(3,18)15-8-6-4-5-7-9-15/h8,10-12,18H,4-7,9H2,1-3H3. The molecule has 0 saturated heterocycles. The lowest BCUT2D eigenvalue weighted by Gasteiger charge is -2.28. The Hall–Kier alpha value is -1.08. The molecule has 1 unspecified atom stereocenters. The van der Waals surface area contributed by atoms with Crippen molar-refractivity contribution in [3.8, 4) is 0 Å². The molecule has 1 heteroatoms. The van der Waals surface area contributed by atoms with Gasteiger partial charge in [-0.1, -0.05) is 41.8 Å². The van der Waals surface area contributed by atoms with Crippen molar-refractivity contribution in [2.24, 2.45) is 0 Å². The molecular formula is C17H24O. The summed E-state index contributed by atoms with van der Waals surface area (Å²) in [6.07, 6.45) is 8.13. The summed E-state index contributed by atoms with van der Waals surface area (Å²) in [4.78, 5) is 0. The zero-order valence-electron chi connectivity index (χ0n) is 11.8. The Morgan fingerprint density at radius 3 is 2.33 bits per heavy atom. The lowest BCUT2D eigenvalue weighted by atomic mass is 9.84. The van der Waals surface area contributed by atoms with Crippen molar-refractivity contribution in [2.75, 3.05) is 0 Å². The lowest BCUT2D eigenvalue weighted by Crippen LogP contribution is -2.24. The number of rotatable bonds is 2. The fourth-order valence-corrected chi connectivity index (χ4v) is 2.90. The minimum Gasteiger partial charge on any atom is -0.381 e. The molecule has 1 nitrogen and oxygen atoms in total. The van der Waals surface area contributed by atoms with E-state index in [2.05, 4.69) is 38.1 Å². The van der Waals surface area contributed by atoms with Crippen LogP contribution in [0.25, 0.3) is 0 Å². The van der Waals surface area contributed by atoms with Crippen LogP contribution in [0.3, 0.4) is 0 Å². The Bertz CT molecular complexity index is 434. The first-order valence-electron chi connectivity index (χ1n) is 7.01. The van der Waals surface area contributed by atoms with Gasteiger partial charge in [0.25, 0.3) is 0 Å². The molecule has 1 atom stereocenters. The number of aliphatic hydroxyl groups is 1. The fraction of sp³-hybridized carbons (Fsp3) is 0.529. The van der Waals surface area contributed by atoms with E-state index < -0.39 is 5.60 Å². The van der Waals surface area contributed by atoms with Crippen LogP contribution < -0.4 is 0 Å². The van der Waals surface area contributed by atoms with Crippen molar-refractivity contribution >= 4 is 0 Å². The average molecular weight is 244 g/mol. The van der Waals surface area contributed by atoms with Gasteiger partial charge in [-0.3, -0.25) is 0 Å². The zero-order chi connectivity index (χ0) is 13.2. The largest absolute Gasteiger partial charge is 0.381 e. The number of benzene rings is 1. The summed E-state index contributed by atoms with van der Waals surface area (Å²) in [6.45, 7) is 6.13. The van der Waals surface area contributed by atoms with Gasteiger partial charge in [0.15, 0.2) is 0 Å². The normalized spacial score (nSPS) is 19.9. The third-order valence-electron chi connectivity index (χ3n) is 3.95. The molecule has 1 aromatic carbocycles. The first-order chi connectivity index (χ1) is 8.50. The highest BCUT2D eigenvalue weighted by molar-refractivity contribution is 5.37. The molecule has 1 aliphatic rings. The van der Waals surface area contributed by atoms with Gasteiger partial charge in [0.2, 0.25) is 0 Å². The van der Waals surface area contributed by atoms with Crippen molar-refractivity contribution in [1.29, 1.82) is 0 Å². The van der Waals surface area contributed by atoms with E-state index in [1.54, 1.807) is 0 Å². The second-order valence-corrected chi connectivity index (χ2v) is 5.78. The Kier molecular flexibility index (Phi) is 3.91. The number of hydrogen-bond acceptors (Lipinski definition) is 1. The van der Waals surface area contributed by atoms with Gasteiger partial charge in [-0.05, 0) is 57.6 Å². The van der Waals surface area contributed by atoms with Gasteiger partial charge in [0, 0.05) is 0 Å². The molecular weight excluding hydrogens is 220 g/mol. The van der Waals surface area contributed by atoms with Crippen LogP contribution in [0.1, 0.15) is 55.7 Å². The maximum Gasteiger partial charge on any atom is 0.108 e. The number of allylic oxidation sites excluding steroid dienone is 1. The maximum absolute atomic E-state index is 10.9. The zero-order valence-corrected chi connectivity index (χ0v) is 11.8. The molecule has 0 spiro atoms. The molecule has 1 aliphatic carbocycles. The lowest BCUT2D eigenvalue weighted by molar-refractivity contribution is 0.0930. The fourth-order valence-electron chi connectivity index (χ4n) is 2.90. The number of aryl methyl sites for hydroxylation is 2. The summed E-state index contributed by atoms with van der Waals surface area (Å²) < 4.78 is 0. The van der Waals surface area contributed by atoms with Gasteiger partial charge in [-0.15, -0.1) is 0 Å². The summed E-state index contributed by atoms with van der Waals surface area (Å²) >= 11 is 0. The molecule has 18 heavy (non-hydrogen) atoms. The Balaban J connectivity index is 2.36. The molecule has 98 valence electrons. The molecule has 0 amide bonds. The van der Waals surface area contributed by atoms with Crippen molar-refractivity contribution in [2.45, 2.75) is 58.5 Å². The summed E-state index contributed by atoms with van der Waals surface area (Å²) in [6, 6.07) is 6.37.